The molecule has 2 aromatic rings. The first kappa shape index (κ1) is 16.6. The van der Waals surface area contributed by atoms with Crippen LogP contribution in [0.3, 0.4) is 0 Å². The molecule has 2 aromatic carbocycles. The van der Waals surface area contributed by atoms with Crippen molar-refractivity contribution in [3.05, 3.63) is 48.0 Å². The smallest absolute Gasteiger partial charge is 0.262 e. The van der Waals surface area contributed by atoms with Crippen molar-refractivity contribution in [2.24, 2.45) is 0 Å². The zero-order valence-corrected chi connectivity index (χ0v) is 13.2. The van der Waals surface area contributed by atoms with Crippen LogP contribution in [-0.4, -0.2) is 28.6 Å². The topological polar surface area (TPSA) is 105 Å². The second kappa shape index (κ2) is 6.57. The molecule has 0 fully saturated rings. The van der Waals surface area contributed by atoms with Crippen molar-refractivity contribution in [1.82, 2.24) is 0 Å². The standard InChI is InChI=1S/C15H15NO6S/c1-21-11-6-7-13(14(9-11)22-2)16-23(19,20)12-5-3-4-10(8-12)15(17)18/h3-9,16H,1-2H3,(H,17,18)/p-1. The number of methoxy groups -OCH3 is 2. The third kappa shape index (κ3) is 3.72. The van der Waals surface area contributed by atoms with Crippen LogP contribution in [0.4, 0.5) is 5.69 Å². The highest BCUT2D eigenvalue weighted by Gasteiger charge is 2.17. The fourth-order valence-electron chi connectivity index (χ4n) is 1.88. The first-order chi connectivity index (χ1) is 10.9. The van der Waals surface area contributed by atoms with Gasteiger partial charge in [0.2, 0.25) is 0 Å². The van der Waals surface area contributed by atoms with Crippen LogP contribution < -0.4 is 19.3 Å². The Bertz CT molecular complexity index is 832. The number of carbonyl (C=O) groups excluding carboxylic acids is 1. The number of carboxylic acid groups (broad SMARTS) is 1. The molecule has 7 nitrogen and oxygen atoms in total. The number of hydrogen-bond acceptors (Lipinski definition) is 6. The number of hydrogen-bond donors (Lipinski definition) is 1. The number of benzene rings is 2. The SMILES string of the molecule is COc1ccc(NS(=O)(=O)c2cccc(C(=O)[O-])c2)c(OC)c1. The molecule has 122 valence electrons. The lowest BCUT2D eigenvalue weighted by Crippen LogP contribution is -2.23. The van der Waals surface area contributed by atoms with Gasteiger partial charge in [-0.25, -0.2) is 8.42 Å². The Balaban J connectivity index is 2.38. The van der Waals surface area contributed by atoms with Crippen LogP contribution in [0.1, 0.15) is 10.4 Å². The Hall–Kier alpha value is -2.74. The maximum atomic E-state index is 12.4. The lowest BCUT2D eigenvalue weighted by molar-refractivity contribution is -0.255. The monoisotopic (exact) mass is 336 g/mol. The molecule has 23 heavy (non-hydrogen) atoms. The number of carboxylic acids is 1. The van der Waals surface area contributed by atoms with Crippen LogP contribution in [0.2, 0.25) is 0 Å². The first-order valence-corrected chi connectivity index (χ1v) is 7.92. The van der Waals surface area contributed by atoms with Crippen molar-refractivity contribution in [1.29, 1.82) is 0 Å². The second-order valence-electron chi connectivity index (χ2n) is 4.49. The van der Waals surface area contributed by atoms with E-state index < -0.39 is 16.0 Å². The van der Waals surface area contributed by atoms with E-state index in [1.54, 1.807) is 6.07 Å². The third-order valence-electron chi connectivity index (χ3n) is 3.03. The molecule has 1 N–H and O–H groups in total. The van der Waals surface area contributed by atoms with Gasteiger partial charge in [0.15, 0.2) is 0 Å². The van der Waals surface area contributed by atoms with Gasteiger partial charge in [0.05, 0.1) is 30.8 Å². The van der Waals surface area contributed by atoms with Crippen molar-refractivity contribution in [2.75, 3.05) is 18.9 Å². The van der Waals surface area contributed by atoms with Crippen LogP contribution in [0, 0.1) is 0 Å². The van der Waals surface area contributed by atoms with Crippen LogP contribution in [0.5, 0.6) is 11.5 Å². The maximum Gasteiger partial charge on any atom is 0.262 e. The average molecular weight is 336 g/mol. The predicted molar refractivity (Wildman–Crippen MR) is 81.1 cm³/mol. The summed E-state index contributed by atoms with van der Waals surface area (Å²) in [4.78, 5) is 10.7. The molecule has 0 atom stereocenters. The van der Waals surface area contributed by atoms with Crippen LogP contribution in [0.15, 0.2) is 47.4 Å². The molecular weight excluding hydrogens is 322 g/mol. The molecule has 0 bridgehead atoms. The fourth-order valence-corrected chi connectivity index (χ4v) is 2.99. The predicted octanol–water partition coefficient (Wildman–Crippen LogP) is 0.868. The third-order valence-corrected chi connectivity index (χ3v) is 4.40. The van der Waals surface area contributed by atoms with Gasteiger partial charge in [0.1, 0.15) is 11.5 Å². The molecule has 0 unspecified atom stereocenters. The Labute approximate surface area is 133 Å². The summed E-state index contributed by atoms with van der Waals surface area (Å²) in [5.41, 5.74) is -0.0262. The Morgan fingerprint density at radius 3 is 2.43 bits per heavy atom. The minimum atomic E-state index is -3.98. The van der Waals surface area contributed by atoms with E-state index in [2.05, 4.69) is 4.72 Å². The van der Waals surface area contributed by atoms with Crippen molar-refractivity contribution in [2.45, 2.75) is 4.90 Å². The molecule has 0 aromatic heterocycles. The molecule has 0 aliphatic rings. The van der Waals surface area contributed by atoms with Gasteiger partial charge >= 0.3 is 0 Å². The van der Waals surface area contributed by atoms with Crippen LogP contribution in [-0.2, 0) is 10.0 Å². The number of sulfonamides is 1. The van der Waals surface area contributed by atoms with Gasteiger partial charge in [0.25, 0.3) is 10.0 Å². The van der Waals surface area contributed by atoms with Gasteiger partial charge in [-0.1, -0.05) is 12.1 Å². The van der Waals surface area contributed by atoms with Gasteiger partial charge in [0, 0.05) is 6.07 Å². The summed E-state index contributed by atoms with van der Waals surface area (Å²) >= 11 is 0. The normalized spacial score (nSPS) is 10.9. The molecule has 8 heteroatoms. The van der Waals surface area contributed by atoms with E-state index in [0.29, 0.717) is 5.75 Å². The minimum Gasteiger partial charge on any atom is -0.545 e. The summed E-state index contributed by atoms with van der Waals surface area (Å²) < 4.78 is 37.3. The lowest BCUT2D eigenvalue weighted by Gasteiger charge is -2.13. The van der Waals surface area contributed by atoms with Gasteiger partial charge in [-0.3, -0.25) is 4.72 Å². The molecule has 0 aliphatic carbocycles. The average Bonchev–Trinajstić information content (AvgIpc) is 2.55. The van der Waals surface area contributed by atoms with E-state index in [1.165, 1.54) is 44.6 Å². The highest BCUT2D eigenvalue weighted by molar-refractivity contribution is 7.92. The van der Waals surface area contributed by atoms with E-state index in [1.807, 2.05) is 0 Å². The number of anilines is 1. The quantitative estimate of drug-likeness (QED) is 0.839. The van der Waals surface area contributed by atoms with Gasteiger partial charge < -0.3 is 19.4 Å². The molecular formula is C15H14NO6S-. The summed E-state index contributed by atoms with van der Waals surface area (Å²) in [5.74, 6) is -0.684. The number of nitrogens with one attached hydrogen (secondary N) is 1. The first-order valence-electron chi connectivity index (χ1n) is 6.43. The number of aromatic carboxylic acids is 1. The van der Waals surface area contributed by atoms with Gasteiger partial charge in [-0.2, -0.15) is 0 Å². The molecule has 0 saturated heterocycles. The largest absolute Gasteiger partial charge is 0.545 e. The Kier molecular flexibility index (Phi) is 4.75. The number of ether oxygens (including phenoxy) is 2. The molecule has 0 radical (unpaired) electrons. The minimum absolute atomic E-state index is 0.197. The van der Waals surface area contributed by atoms with Gasteiger partial charge in [-0.05, 0) is 29.8 Å². The van der Waals surface area contributed by atoms with E-state index >= 15 is 0 Å². The van der Waals surface area contributed by atoms with Crippen molar-refractivity contribution in [3.63, 3.8) is 0 Å². The summed E-state index contributed by atoms with van der Waals surface area (Å²) in [6.07, 6.45) is 0. The van der Waals surface area contributed by atoms with Gasteiger partial charge in [-0.15, -0.1) is 0 Å². The number of carbonyl (C=O) groups is 1. The van der Waals surface area contributed by atoms with E-state index in [9.17, 15) is 18.3 Å². The lowest BCUT2D eigenvalue weighted by atomic mass is 10.2. The van der Waals surface area contributed by atoms with Crippen molar-refractivity contribution in [3.8, 4) is 11.5 Å². The molecule has 0 spiro atoms. The Morgan fingerprint density at radius 2 is 1.83 bits per heavy atom. The molecule has 0 heterocycles. The molecule has 0 amide bonds. The van der Waals surface area contributed by atoms with Crippen molar-refractivity contribution < 1.29 is 27.8 Å². The zero-order chi connectivity index (χ0) is 17.0. The highest BCUT2D eigenvalue weighted by atomic mass is 32.2. The van der Waals surface area contributed by atoms with Crippen LogP contribution >= 0.6 is 0 Å². The molecule has 0 saturated carbocycles. The van der Waals surface area contributed by atoms with Crippen LogP contribution in [0.25, 0.3) is 0 Å². The van der Waals surface area contributed by atoms with E-state index in [-0.39, 0.29) is 21.9 Å². The maximum absolute atomic E-state index is 12.4. The molecule has 2 rings (SSSR count). The van der Waals surface area contributed by atoms with Crippen molar-refractivity contribution >= 4 is 21.7 Å². The summed E-state index contributed by atoms with van der Waals surface area (Å²) in [6.45, 7) is 0. The fraction of sp³-hybridized carbons (Fsp3) is 0.133. The summed E-state index contributed by atoms with van der Waals surface area (Å²) in [5, 5.41) is 10.8. The van der Waals surface area contributed by atoms with E-state index in [4.69, 9.17) is 9.47 Å². The highest BCUT2D eigenvalue weighted by Crippen LogP contribution is 2.30. The molecule has 0 aliphatic heterocycles. The zero-order valence-electron chi connectivity index (χ0n) is 12.4. The van der Waals surface area contributed by atoms with E-state index in [0.717, 1.165) is 6.07 Å². The second-order valence-corrected chi connectivity index (χ2v) is 6.17. The number of rotatable bonds is 6. The Morgan fingerprint density at radius 1 is 1.09 bits per heavy atom. The summed E-state index contributed by atoms with van der Waals surface area (Å²) in [7, 11) is -1.12. The summed E-state index contributed by atoms with van der Waals surface area (Å²) in [6, 6.07) is 9.46.